The molecule has 2 N–H and O–H groups in total. The van der Waals surface area contributed by atoms with Gasteiger partial charge in [0.25, 0.3) is 5.91 Å². The van der Waals surface area contributed by atoms with E-state index in [1.165, 1.54) is 0 Å². The van der Waals surface area contributed by atoms with Crippen molar-refractivity contribution in [3.05, 3.63) is 28.2 Å². The molecule has 0 atom stereocenters. The molecule has 0 bridgehead atoms. The van der Waals surface area contributed by atoms with Crippen molar-refractivity contribution in [2.24, 2.45) is 0 Å². The van der Waals surface area contributed by atoms with Crippen molar-refractivity contribution in [1.29, 1.82) is 0 Å². The molecule has 0 aromatic heterocycles. The number of hydrogen-bond donors (Lipinski definition) is 2. The number of rotatable bonds is 7. The summed E-state index contributed by atoms with van der Waals surface area (Å²) >= 11 is 3.46. The lowest BCUT2D eigenvalue weighted by Crippen LogP contribution is -2.30. The molecule has 0 radical (unpaired) electrons. The van der Waals surface area contributed by atoms with E-state index in [0.29, 0.717) is 12.1 Å². The van der Waals surface area contributed by atoms with Gasteiger partial charge in [-0.15, -0.1) is 0 Å². The first-order valence-corrected chi connectivity index (χ1v) is 7.78. The van der Waals surface area contributed by atoms with Crippen LogP contribution in [0.15, 0.2) is 22.7 Å². The molecule has 0 heterocycles. The third-order valence-corrected chi connectivity index (χ3v) is 3.52. The Labute approximate surface area is 128 Å². The van der Waals surface area contributed by atoms with E-state index in [0.717, 1.165) is 35.2 Å². The van der Waals surface area contributed by atoms with E-state index in [1.807, 2.05) is 18.2 Å². The van der Waals surface area contributed by atoms with Crippen molar-refractivity contribution >= 4 is 21.8 Å². The van der Waals surface area contributed by atoms with Crippen molar-refractivity contribution < 1.29 is 9.53 Å². The molecule has 5 heteroatoms. The molecule has 2 rings (SSSR count). The Morgan fingerprint density at radius 2 is 2.20 bits per heavy atom. The zero-order valence-electron chi connectivity index (χ0n) is 11.9. The molecule has 1 saturated carbocycles. The van der Waals surface area contributed by atoms with Crippen LogP contribution in [0.4, 0.5) is 0 Å². The average molecular weight is 341 g/mol. The van der Waals surface area contributed by atoms with Crippen LogP contribution in [0.2, 0.25) is 0 Å². The van der Waals surface area contributed by atoms with E-state index in [9.17, 15) is 4.79 Å². The molecule has 0 unspecified atom stereocenters. The smallest absolute Gasteiger partial charge is 0.258 e. The Bertz CT molecular complexity index is 473. The van der Waals surface area contributed by atoms with Gasteiger partial charge in [0.05, 0.1) is 0 Å². The Morgan fingerprint density at radius 1 is 1.45 bits per heavy atom. The van der Waals surface area contributed by atoms with Crippen LogP contribution in [0, 0.1) is 0 Å². The topological polar surface area (TPSA) is 50.4 Å². The van der Waals surface area contributed by atoms with E-state index in [-0.39, 0.29) is 12.5 Å². The number of carbonyl (C=O) groups is 1. The lowest BCUT2D eigenvalue weighted by atomic mass is 10.2. The molecule has 1 aromatic rings. The largest absolute Gasteiger partial charge is 0.483 e. The van der Waals surface area contributed by atoms with Crippen molar-refractivity contribution in [2.75, 3.05) is 6.61 Å². The van der Waals surface area contributed by atoms with Crippen LogP contribution < -0.4 is 15.4 Å². The number of benzene rings is 1. The van der Waals surface area contributed by atoms with Gasteiger partial charge in [-0.1, -0.05) is 29.8 Å². The van der Waals surface area contributed by atoms with Crippen LogP contribution in [0.3, 0.4) is 0 Å². The van der Waals surface area contributed by atoms with Crippen LogP contribution in [0.1, 0.15) is 32.3 Å². The number of hydrogen-bond acceptors (Lipinski definition) is 3. The summed E-state index contributed by atoms with van der Waals surface area (Å²) in [5.74, 6) is 0.713. The minimum atomic E-state index is -0.0433. The predicted octanol–water partition coefficient (Wildman–Crippen LogP) is 2.60. The summed E-state index contributed by atoms with van der Waals surface area (Å²) in [6.07, 6.45) is 2.18. The molecule has 0 saturated heterocycles. The maximum Gasteiger partial charge on any atom is 0.258 e. The molecule has 4 nitrogen and oxygen atoms in total. The summed E-state index contributed by atoms with van der Waals surface area (Å²) in [4.78, 5) is 11.7. The van der Waals surface area contributed by atoms with Gasteiger partial charge in [-0.25, -0.2) is 0 Å². The number of halogens is 1. The summed E-state index contributed by atoms with van der Waals surface area (Å²) in [7, 11) is 0. The zero-order valence-corrected chi connectivity index (χ0v) is 13.5. The third kappa shape index (κ3) is 5.13. The fourth-order valence-electron chi connectivity index (χ4n) is 1.78. The van der Waals surface area contributed by atoms with Gasteiger partial charge in [-0.3, -0.25) is 4.79 Å². The first kappa shape index (κ1) is 15.3. The van der Waals surface area contributed by atoms with Crippen LogP contribution in [-0.2, 0) is 11.3 Å². The number of ether oxygens (including phenoxy) is 1. The molecule has 1 amide bonds. The molecule has 110 valence electrons. The Hall–Kier alpha value is -1.07. The van der Waals surface area contributed by atoms with E-state index in [2.05, 4.69) is 40.4 Å². The molecular formula is C15H21BrN2O2. The van der Waals surface area contributed by atoms with E-state index < -0.39 is 0 Å². The summed E-state index contributed by atoms with van der Waals surface area (Å²) in [5.41, 5.74) is 1.05. The molecule has 1 aromatic carbocycles. The van der Waals surface area contributed by atoms with Crippen molar-refractivity contribution in [1.82, 2.24) is 10.6 Å². The fourth-order valence-corrected chi connectivity index (χ4v) is 2.19. The van der Waals surface area contributed by atoms with Crippen molar-refractivity contribution in [3.63, 3.8) is 0 Å². The van der Waals surface area contributed by atoms with Crippen LogP contribution in [-0.4, -0.2) is 24.6 Å². The summed E-state index contributed by atoms with van der Waals surface area (Å²) < 4.78 is 6.65. The Balaban J connectivity index is 1.92. The molecule has 1 aliphatic carbocycles. The number of carbonyl (C=O) groups excluding carboxylic acids is 1. The third-order valence-electron chi connectivity index (χ3n) is 3.02. The maximum atomic E-state index is 11.7. The quantitative estimate of drug-likeness (QED) is 0.802. The first-order valence-electron chi connectivity index (χ1n) is 6.98. The highest BCUT2D eigenvalue weighted by Gasteiger charge is 2.23. The second-order valence-electron chi connectivity index (χ2n) is 5.42. The van der Waals surface area contributed by atoms with Gasteiger partial charge in [0.2, 0.25) is 0 Å². The normalized spacial score (nSPS) is 14.4. The summed E-state index contributed by atoms with van der Waals surface area (Å²) in [6.45, 7) is 4.99. The summed E-state index contributed by atoms with van der Waals surface area (Å²) in [5, 5.41) is 6.27. The maximum absolute atomic E-state index is 11.7. The second kappa shape index (κ2) is 7.09. The van der Waals surface area contributed by atoms with Crippen LogP contribution in [0.25, 0.3) is 0 Å². The van der Waals surface area contributed by atoms with Gasteiger partial charge in [-0.05, 0) is 31.0 Å². The predicted molar refractivity (Wildman–Crippen MR) is 82.8 cm³/mol. The van der Waals surface area contributed by atoms with Crippen molar-refractivity contribution in [2.45, 2.75) is 45.3 Å². The van der Waals surface area contributed by atoms with Crippen molar-refractivity contribution in [3.8, 4) is 5.75 Å². The molecule has 20 heavy (non-hydrogen) atoms. The molecular weight excluding hydrogens is 320 g/mol. The van der Waals surface area contributed by atoms with Crippen LogP contribution >= 0.6 is 15.9 Å². The Kier molecular flexibility index (Phi) is 5.43. The second-order valence-corrected chi connectivity index (χ2v) is 6.33. The van der Waals surface area contributed by atoms with Gasteiger partial charge in [0.1, 0.15) is 5.75 Å². The zero-order chi connectivity index (χ0) is 14.5. The minimum Gasteiger partial charge on any atom is -0.483 e. The van der Waals surface area contributed by atoms with Gasteiger partial charge in [0.15, 0.2) is 6.61 Å². The van der Waals surface area contributed by atoms with Crippen LogP contribution in [0.5, 0.6) is 5.75 Å². The fraction of sp³-hybridized carbons (Fsp3) is 0.533. The van der Waals surface area contributed by atoms with Gasteiger partial charge in [0, 0.05) is 28.7 Å². The lowest BCUT2D eigenvalue weighted by molar-refractivity contribution is -0.123. The highest BCUT2D eigenvalue weighted by molar-refractivity contribution is 9.10. The molecule has 0 spiro atoms. The van der Waals surface area contributed by atoms with E-state index in [1.54, 1.807) is 0 Å². The lowest BCUT2D eigenvalue weighted by Gasteiger charge is -2.14. The van der Waals surface area contributed by atoms with Gasteiger partial charge >= 0.3 is 0 Å². The standard InChI is InChI=1S/C15H21BrN2O2/c1-10(2)17-8-11-7-12(16)3-6-14(11)20-9-15(19)18-13-4-5-13/h3,6-7,10,13,17H,4-5,8-9H2,1-2H3,(H,18,19). The molecule has 1 fully saturated rings. The van der Waals surface area contributed by atoms with E-state index >= 15 is 0 Å². The first-order chi connectivity index (χ1) is 9.54. The minimum absolute atomic E-state index is 0.0433. The number of nitrogens with one attached hydrogen (secondary N) is 2. The average Bonchev–Trinajstić information content (AvgIpc) is 3.19. The highest BCUT2D eigenvalue weighted by atomic mass is 79.9. The monoisotopic (exact) mass is 340 g/mol. The Morgan fingerprint density at radius 3 is 2.85 bits per heavy atom. The molecule has 1 aliphatic rings. The van der Waals surface area contributed by atoms with Gasteiger partial charge < -0.3 is 15.4 Å². The number of amides is 1. The molecule has 0 aliphatic heterocycles. The highest BCUT2D eigenvalue weighted by Crippen LogP contribution is 2.23. The van der Waals surface area contributed by atoms with E-state index in [4.69, 9.17) is 4.74 Å². The SMILES string of the molecule is CC(C)NCc1cc(Br)ccc1OCC(=O)NC1CC1. The van der Waals surface area contributed by atoms with Gasteiger partial charge in [-0.2, -0.15) is 0 Å². The summed E-state index contributed by atoms with van der Waals surface area (Å²) in [6, 6.07) is 6.61.